The van der Waals surface area contributed by atoms with E-state index in [0.29, 0.717) is 22.9 Å². The highest BCUT2D eigenvalue weighted by atomic mass is 32.2. The van der Waals surface area contributed by atoms with Crippen molar-refractivity contribution >= 4 is 35.4 Å². The van der Waals surface area contributed by atoms with Gasteiger partial charge in [-0.05, 0) is 23.7 Å². The van der Waals surface area contributed by atoms with Gasteiger partial charge in [0.05, 0.1) is 0 Å². The zero-order valence-electron chi connectivity index (χ0n) is 8.67. The Kier molecular flexibility index (Phi) is 6.40. The minimum atomic E-state index is -1.26. The van der Waals surface area contributed by atoms with Crippen molar-refractivity contribution in [2.24, 2.45) is 0 Å². The maximum absolute atomic E-state index is 8.64. The van der Waals surface area contributed by atoms with Crippen LogP contribution < -0.4 is 5.32 Å². The van der Waals surface area contributed by atoms with Crippen molar-refractivity contribution in [3.05, 3.63) is 30.1 Å². The van der Waals surface area contributed by atoms with E-state index in [9.17, 15) is 0 Å². The molecular formula is C9H13BN2O2S2. The lowest BCUT2D eigenvalue weighted by atomic mass is 9.88. The number of nitrogens with one attached hydrogen (secondary N) is 1. The summed E-state index contributed by atoms with van der Waals surface area (Å²) in [6.07, 6.45) is 3.82. The van der Waals surface area contributed by atoms with Crippen LogP contribution in [-0.2, 0) is 6.54 Å². The summed E-state index contributed by atoms with van der Waals surface area (Å²) in [6, 6.07) is 3.83. The van der Waals surface area contributed by atoms with Gasteiger partial charge in [0.2, 0.25) is 0 Å². The number of nitrogens with zero attached hydrogens (tertiary/aromatic N) is 1. The predicted molar refractivity (Wildman–Crippen MR) is 71.1 cm³/mol. The third-order valence-corrected chi connectivity index (χ3v) is 3.11. The van der Waals surface area contributed by atoms with Gasteiger partial charge in [0.25, 0.3) is 0 Å². The van der Waals surface area contributed by atoms with Gasteiger partial charge < -0.3 is 15.4 Å². The normalized spacial score (nSPS) is 9.88. The first-order valence-corrected chi connectivity index (χ1v) is 6.23. The molecule has 0 aliphatic carbocycles. The number of thioether (sulfide) groups is 1. The Labute approximate surface area is 105 Å². The van der Waals surface area contributed by atoms with E-state index in [1.54, 1.807) is 12.4 Å². The van der Waals surface area contributed by atoms with E-state index in [1.807, 2.05) is 12.1 Å². The van der Waals surface area contributed by atoms with Gasteiger partial charge in [-0.3, -0.25) is 4.98 Å². The van der Waals surface area contributed by atoms with Crippen LogP contribution in [0.15, 0.2) is 24.5 Å². The summed E-state index contributed by atoms with van der Waals surface area (Å²) in [6.45, 7) is 0.640. The summed E-state index contributed by atoms with van der Waals surface area (Å²) in [5.74, 6) is 0.594. The highest BCUT2D eigenvalue weighted by Crippen LogP contribution is 2.06. The molecule has 0 radical (unpaired) electrons. The van der Waals surface area contributed by atoms with Gasteiger partial charge in [0.1, 0.15) is 4.32 Å². The number of rotatable bonds is 5. The molecule has 0 saturated heterocycles. The monoisotopic (exact) mass is 256 g/mol. The molecule has 1 rings (SSSR count). The van der Waals surface area contributed by atoms with E-state index in [0.717, 1.165) is 5.56 Å². The first-order valence-electron chi connectivity index (χ1n) is 4.84. The predicted octanol–water partition coefficient (Wildman–Crippen LogP) is 0.662. The van der Waals surface area contributed by atoms with Crippen LogP contribution in [0.2, 0.25) is 6.32 Å². The summed E-state index contributed by atoms with van der Waals surface area (Å²) < 4.78 is 0.657. The second kappa shape index (κ2) is 7.62. The molecule has 0 aromatic carbocycles. The van der Waals surface area contributed by atoms with E-state index in [-0.39, 0.29) is 0 Å². The first-order chi connectivity index (χ1) is 7.68. The summed E-state index contributed by atoms with van der Waals surface area (Å²) in [5.41, 5.74) is 1.06. The standard InChI is InChI=1S/C9H13BN2O2S2/c13-10(14)3-5-16-9(15)12-7-8-2-1-4-11-6-8/h1-2,4,6,13-14H,3,5,7H2,(H,12,15). The molecule has 0 atom stereocenters. The summed E-state index contributed by atoms with van der Waals surface area (Å²) >= 11 is 6.48. The molecule has 0 aliphatic heterocycles. The molecule has 16 heavy (non-hydrogen) atoms. The lowest BCUT2D eigenvalue weighted by Crippen LogP contribution is -2.19. The van der Waals surface area contributed by atoms with Gasteiger partial charge in [-0.15, -0.1) is 0 Å². The van der Waals surface area contributed by atoms with Crippen LogP contribution in [-0.4, -0.2) is 32.2 Å². The largest absolute Gasteiger partial charge is 0.452 e. The first kappa shape index (κ1) is 13.4. The van der Waals surface area contributed by atoms with Gasteiger partial charge in [-0.1, -0.05) is 30.0 Å². The van der Waals surface area contributed by atoms with Gasteiger partial charge in [-0.25, -0.2) is 0 Å². The van der Waals surface area contributed by atoms with Crippen molar-refractivity contribution in [1.82, 2.24) is 10.3 Å². The third kappa shape index (κ3) is 6.07. The Morgan fingerprint density at radius 1 is 1.56 bits per heavy atom. The minimum Gasteiger partial charge on any atom is -0.427 e. The molecule has 4 nitrogen and oxygen atoms in total. The fraction of sp³-hybridized carbons (Fsp3) is 0.333. The van der Waals surface area contributed by atoms with Crippen LogP contribution in [0.3, 0.4) is 0 Å². The Morgan fingerprint density at radius 2 is 2.38 bits per heavy atom. The second-order valence-corrected chi connectivity index (χ2v) is 4.89. The summed E-state index contributed by atoms with van der Waals surface area (Å²) in [7, 11) is -1.26. The van der Waals surface area contributed by atoms with Crippen LogP contribution in [0, 0.1) is 0 Å². The molecule has 0 aliphatic rings. The van der Waals surface area contributed by atoms with Gasteiger partial charge in [-0.2, -0.15) is 0 Å². The highest BCUT2D eigenvalue weighted by molar-refractivity contribution is 8.23. The summed E-state index contributed by atoms with van der Waals surface area (Å²) in [5, 5.41) is 20.4. The number of pyridine rings is 1. The van der Waals surface area contributed by atoms with Crippen molar-refractivity contribution in [3.63, 3.8) is 0 Å². The molecule has 0 bridgehead atoms. The number of thiocarbonyl (C=S) groups is 1. The number of aromatic nitrogens is 1. The SMILES string of the molecule is OB(O)CCSC(=S)NCc1cccnc1. The fourth-order valence-corrected chi connectivity index (χ4v) is 2.00. The number of hydrogen-bond donors (Lipinski definition) is 3. The quantitative estimate of drug-likeness (QED) is 0.531. The minimum absolute atomic E-state index is 0.319. The zero-order chi connectivity index (χ0) is 11.8. The van der Waals surface area contributed by atoms with Crippen molar-refractivity contribution in [2.45, 2.75) is 12.9 Å². The molecule has 3 N–H and O–H groups in total. The maximum atomic E-state index is 8.64. The van der Waals surface area contributed by atoms with Crippen LogP contribution in [0.5, 0.6) is 0 Å². The van der Waals surface area contributed by atoms with E-state index in [4.69, 9.17) is 22.3 Å². The van der Waals surface area contributed by atoms with E-state index >= 15 is 0 Å². The second-order valence-electron chi connectivity index (χ2n) is 3.12. The molecule has 86 valence electrons. The lowest BCUT2D eigenvalue weighted by molar-refractivity contribution is 0.408. The summed E-state index contributed by atoms with van der Waals surface area (Å²) in [4.78, 5) is 3.99. The molecule has 1 aromatic heterocycles. The van der Waals surface area contributed by atoms with E-state index in [1.165, 1.54) is 11.8 Å². The third-order valence-electron chi connectivity index (χ3n) is 1.77. The van der Waals surface area contributed by atoms with Crippen molar-refractivity contribution in [3.8, 4) is 0 Å². The van der Waals surface area contributed by atoms with Gasteiger partial charge in [0, 0.05) is 18.9 Å². The van der Waals surface area contributed by atoms with Crippen molar-refractivity contribution in [1.29, 1.82) is 0 Å². The van der Waals surface area contributed by atoms with Gasteiger partial charge in [0.15, 0.2) is 0 Å². The molecule has 1 aromatic rings. The number of hydrogen-bond acceptors (Lipinski definition) is 5. The Morgan fingerprint density at radius 3 is 3.00 bits per heavy atom. The Hall–Kier alpha value is -0.625. The van der Waals surface area contributed by atoms with Crippen molar-refractivity contribution < 1.29 is 10.0 Å². The van der Waals surface area contributed by atoms with E-state index < -0.39 is 7.12 Å². The maximum Gasteiger partial charge on any atom is 0.452 e. The fourth-order valence-electron chi connectivity index (χ4n) is 0.985. The average Bonchev–Trinajstić information content (AvgIpc) is 2.27. The molecule has 0 fully saturated rings. The van der Waals surface area contributed by atoms with Crippen LogP contribution in [0.25, 0.3) is 0 Å². The molecule has 0 amide bonds. The van der Waals surface area contributed by atoms with Crippen LogP contribution >= 0.6 is 24.0 Å². The van der Waals surface area contributed by atoms with Crippen molar-refractivity contribution in [2.75, 3.05) is 5.75 Å². The Bertz CT molecular complexity index is 325. The molecule has 0 saturated carbocycles. The lowest BCUT2D eigenvalue weighted by Gasteiger charge is -2.06. The topological polar surface area (TPSA) is 65.4 Å². The highest BCUT2D eigenvalue weighted by Gasteiger charge is 2.06. The molecular weight excluding hydrogens is 243 g/mol. The molecule has 7 heteroatoms. The van der Waals surface area contributed by atoms with Gasteiger partial charge >= 0.3 is 7.12 Å². The van der Waals surface area contributed by atoms with Crippen LogP contribution in [0.4, 0.5) is 0 Å². The molecule has 0 unspecified atom stereocenters. The van der Waals surface area contributed by atoms with Crippen LogP contribution in [0.1, 0.15) is 5.56 Å². The van der Waals surface area contributed by atoms with E-state index in [2.05, 4.69) is 10.3 Å². The Balaban J connectivity index is 2.16. The average molecular weight is 256 g/mol. The zero-order valence-corrected chi connectivity index (χ0v) is 10.3. The smallest absolute Gasteiger partial charge is 0.427 e. The molecule has 1 heterocycles. The molecule has 0 spiro atoms.